The van der Waals surface area contributed by atoms with E-state index in [1.165, 1.54) is 12.8 Å². The Hall–Kier alpha value is -1.26. The third-order valence-corrected chi connectivity index (χ3v) is 4.27. The zero-order valence-corrected chi connectivity index (χ0v) is 12.7. The third-order valence-electron chi connectivity index (χ3n) is 4.27. The minimum Gasteiger partial charge on any atom is -0.481 e. The number of urea groups is 1. The van der Waals surface area contributed by atoms with Gasteiger partial charge >= 0.3 is 12.0 Å². The number of carbonyl (C=O) groups excluding carboxylic acids is 1. The monoisotopic (exact) mass is 284 g/mol. The molecule has 1 fully saturated rings. The van der Waals surface area contributed by atoms with E-state index in [0.29, 0.717) is 12.5 Å². The molecule has 116 valence electrons. The molecule has 0 saturated heterocycles. The number of hydrogen-bond donors (Lipinski definition) is 3. The van der Waals surface area contributed by atoms with Crippen LogP contribution in [0.5, 0.6) is 0 Å². The van der Waals surface area contributed by atoms with E-state index in [0.717, 1.165) is 32.1 Å². The Kier molecular flexibility index (Phi) is 6.82. The Morgan fingerprint density at radius 1 is 1.30 bits per heavy atom. The maximum atomic E-state index is 11.9. The molecule has 5 nitrogen and oxygen atoms in total. The molecular formula is C15H28N2O3. The first kappa shape index (κ1) is 16.8. The highest BCUT2D eigenvalue weighted by molar-refractivity contribution is 5.77. The van der Waals surface area contributed by atoms with Gasteiger partial charge in [-0.2, -0.15) is 0 Å². The average molecular weight is 284 g/mol. The number of hydrogen-bond acceptors (Lipinski definition) is 2. The quantitative estimate of drug-likeness (QED) is 0.609. The Morgan fingerprint density at radius 3 is 2.45 bits per heavy atom. The highest BCUT2D eigenvalue weighted by atomic mass is 16.4. The summed E-state index contributed by atoms with van der Waals surface area (Å²) in [6.45, 7) is 4.97. The molecule has 0 aromatic heterocycles. The minimum atomic E-state index is -0.848. The predicted octanol–water partition coefficient (Wildman–Crippen LogP) is 2.90. The fourth-order valence-electron chi connectivity index (χ4n) is 2.70. The lowest BCUT2D eigenvalue weighted by Gasteiger charge is -2.41. The summed E-state index contributed by atoms with van der Waals surface area (Å²) in [7, 11) is 0. The van der Waals surface area contributed by atoms with Gasteiger partial charge in [0, 0.05) is 6.54 Å². The number of nitrogens with one attached hydrogen (secondary N) is 2. The van der Waals surface area contributed by atoms with Gasteiger partial charge in [-0.25, -0.2) is 4.79 Å². The molecule has 5 heteroatoms. The van der Waals surface area contributed by atoms with Crippen molar-refractivity contribution >= 4 is 12.0 Å². The van der Waals surface area contributed by atoms with Gasteiger partial charge in [-0.3, -0.25) is 4.79 Å². The van der Waals surface area contributed by atoms with Gasteiger partial charge in [0.15, 0.2) is 0 Å². The smallest absolute Gasteiger partial charge is 0.315 e. The van der Waals surface area contributed by atoms with E-state index in [4.69, 9.17) is 5.11 Å². The van der Waals surface area contributed by atoms with Crippen LogP contribution in [0.2, 0.25) is 0 Å². The molecule has 0 aromatic carbocycles. The molecular weight excluding hydrogens is 256 g/mol. The Balaban J connectivity index is 2.33. The third kappa shape index (κ3) is 5.39. The zero-order valence-electron chi connectivity index (χ0n) is 12.7. The largest absolute Gasteiger partial charge is 0.481 e. The fourth-order valence-corrected chi connectivity index (χ4v) is 2.70. The lowest BCUT2D eigenvalue weighted by atomic mass is 9.74. The van der Waals surface area contributed by atoms with Crippen LogP contribution >= 0.6 is 0 Å². The van der Waals surface area contributed by atoms with Crippen LogP contribution in [0.4, 0.5) is 4.79 Å². The van der Waals surface area contributed by atoms with Crippen molar-refractivity contribution in [1.82, 2.24) is 10.6 Å². The molecule has 1 atom stereocenters. The molecule has 3 N–H and O–H groups in total. The number of carboxylic acid groups (broad SMARTS) is 1. The van der Waals surface area contributed by atoms with E-state index in [1.807, 2.05) is 0 Å². The van der Waals surface area contributed by atoms with E-state index in [2.05, 4.69) is 24.5 Å². The Morgan fingerprint density at radius 2 is 2.00 bits per heavy atom. The summed E-state index contributed by atoms with van der Waals surface area (Å²) in [4.78, 5) is 22.8. The molecule has 0 bridgehead atoms. The van der Waals surface area contributed by atoms with Gasteiger partial charge in [0.05, 0.1) is 12.0 Å². The molecule has 1 aliphatic carbocycles. The molecule has 1 saturated carbocycles. The molecule has 1 aliphatic rings. The van der Waals surface area contributed by atoms with Crippen LogP contribution in [0.1, 0.15) is 65.2 Å². The summed E-state index contributed by atoms with van der Waals surface area (Å²) < 4.78 is 0. The maximum Gasteiger partial charge on any atom is 0.315 e. The number of rotatable bonds is 9. The first-order chi connectivity index (χ1) is 9.51. The fraction of sp³-hybridized carbons (Fsp3) is 0.867. The molecule has 1 rings (SSSR count). The van der Waals surface area contributed by atoms with Gasteiger partial charge < -0.3 is 15.7 Å². The number of carboxylic acids is 1. The highest BCUT2D eigenvalue weighted by Crippen LogP contribution is 2.34. The molecule has 2 amide bonds. The van der Waals surface area contributed by atoms with Gasteiger partial charge in [-0.05, 0) is 31.6 Å². The van der Waals surface area contributed by atoms with Crippen LogP contribution in [0, 0.1) is 5.92 Å². The Labute approximate surface area is 121 Å². The standard InChI is InChI=1S/C15H28N2O3/c1-3-5-7-12(4-2)11-16-14(20)17-15(8-6-9-15)10-13(18)19/h12H,3-11H2,1-2H3,(H,18,19)(H2,16,17,20). The summed E-state index contributed by atoms with van der Waals surface area (Å²) >= 11 is 0. The topological polar surface area (TPSA) is 78.4 Å². The summed E-state index contributed by atoms with van der Waals surface area (Å²) in [5.74, 6) is -0.336. The van der Waals surface area contributed by atoms with Crippen LogP contribution in [0.3, 0.4) is 0 Å². The Bertz CT molecular complexity index is 327. The van der Waals surface area contributed by atoms with E-state index < -0.39 is 11.5 Å². The highest BCUT2D eigenvalue weighted by Gasteiger charge is 2.40. The second kappa shape index (κ2) is 8.12. The second-order valence-electron chi connectivity index (χ2n) is 5.96. The number of aliphatic carboxylic acids is 1. The molecule has 1 unspecified atom stereocenters. The minimum absolute atomic E-state index is 0.0213. The van der Waals surface area contributed by atoms with E-state index in [-0.39, 0.29) is 12.5 Å². The first-order valence-corrected chi connectivity index (χ1v) is 7.79. The molecule has 0 radical (unpaired) electrons. The summed E-state index contributed by atoms with van der Waals surface area (Å²) in [6, 6.07) is -0.221. The normalized spacial score (nSPS) is 17.9. The van der Waals surface area contributed by atoms with Crippen LogP contribution < -0.4 is 10.6 Å². The van der Waals surface area contributed by atoms with Crippen molar-refractivity contribution in [2.75, 3.05) is 6.54 Å². The van der Waals surface area contributed by atoms with Crippen molar-refractivity contribution < 1.29 is 14.7 Å². The molecule has 20 heavy (non-hydrogen) atoms. The second-order valence-corrected chi connectivity index (χ2v) is 5.96. The molecule has 0 aromatic rings. The number of carbonyl (C=O) groups is 2. The predicted molar refractivity (Wildman–Crippen MR) is 78.7 cm³/mol. The zero-order chi connectivity index (χ0) is 15.0. The maximum absolute atomic E-state index is 11.9. The summed E-state index contributed by atoms with van der Waals surface area (Å²) in [5.41, 5.74) is -0.513. The van der Waals surface area contributed by atoms with Crippen molar-refractivity contribution in [2.24, 2.45) is 5.92 Å². The van der Waals surface area contributed by atoms with Gasteiger partial charge in [-0.15, -0.1) is 0 Å². The van der Waals surface area contributed by atoms with Gasteiger partial charge in [0.2, 0.25) is 0 Å². The van der Waals surface area contributed by atoms with Crippen molar-refractivity contribution in [2.45, 2.75) is 70.8 Å². The summed E-state index contributed by atoms with van der Waals surface area (Å²) in [5, 5.41) is 14.7. The van der Waals surface area contributed by atoms with Crippen molar-refractivity contribution in [3.05, 3.63) is 0 Å². The van der Waals surface area contributed by atoms with E-state index in [9.17, 15) is 9.59 Å². The van der Waals surface area contributed by atoms with Gasteiger partial charge in [0.1, 0.15) is 0 Å². The van der Waals surface area contributed by atoms with Crippen LogP contribution in [0.25, 0.3) is 0 Å². The number of amides is 2. The summed E-state index contributed by atoms with van der Waals surface area (Å²) in [6.07, 6.45) is 7.08. The SMILES string of the molecule is CCCCC(CC)CNC(=O)NC1(CC(=O)O)CCC1. The van der Waals surface area contributed by atoms with Crippen LogP contribution in [-0.4, -0.2) is 29.2 Å². The van der Waals surface area contributed by atoms with Crippen molar-refractivity contribution in [3.63, 3.8) is 0 Å². The molecule has 0 aliphatic heterocycles. The molecule has 0 heterocycles. The van der Waals surface area contributed by atoms with E-state index in [1.54, 1.807) is 0 Å². The van der Waals surface area contributed by atoms with Crippen LogP contribution in [0.15, 0.2) is 0 Å². The van der Waals surface area contributed by atoms with Crippen LogP contribution in [-0.2, 0) is 4.79 Å². The van der Waals surface area contributed by atoms with Crippen molar-refractivity contribution in [1.29, 1.82) is 0 Å². The lowest BCUT2D eigenvalue weighted by Crippen LogP contribution is -2.57. The van der Waals surface area contributed by atoms with Gasteiger partial charge in [-0.1, -0.05) is 33.1 Å². The first-order valence-electron chi connectivity index (χ1n) is 7.79. The van der Waals surface area contributed by atoms with Gasteiger partial charge in [0.25, 0.3) is 0 Å². The lowest BCUT2D eigenvalue weighted by molar-refractivity contribution is -0.139. The molecule has 0 spiro atoms. The number of unbranched alkanes of at least 4 members (excludes halogenated alkanes) is 1. The average Bonchev–Trinajstić information content (AvgIpc) is 2.36. The van der Waals surface area contributed by atoms with E-state index >= 15 is 0 Å². The van der Waals surface area contributed by atoms with Crippen molar-refractivity contribution in [3.8, 4) is 0 Å².